The smallest absolute Gasteiger partial charge is 0.147 e. The summed E-state index contributed by atoms with van der Waals surface area (Å²) in [5.74, 6) is 0.424. The molecule has 0 aromatic carbocycles. The molecular formula is C11H21NO3S. The number of rotatable bonds is 5. The van der Waals surface area contributed by atoms with Crippen molar-refractivity contribution in [1.82, 2.24) is 4.90 Å². The molecule has 0 bridgehead atoms. The number of hydrogen-bond donors (Lipinski definition) is 0. The zero-order valence-corrected chi connectivity index (χ0v) is 10.9. The maximum atomic E-state index is 11.4. The molecule has 0 amide bonds. The number of carbonyl (C=O) groups excluding carboxylic acids is 1. The van der Waals surface area contributed by atoms with E-state index in [1.165, 1.54) is 6.26 Å². The minimum atomic E-state index is -2.87. The third kappa shape index (κ3) is 4.61. The van der Waals surface area contributed by atoms with Crippen molar-refractivity contribution in [1.29, 1.82) is 0 Å². The monoisotopic (exact) mass is 247 g/mol. The highest BCUT2D eigenvalue weighted by Crippen LogP contribution is 2.17. The third-order valence-corrected chi connectivity index (χ3v) is 4.07. The molecular weight excluding hydrogens is 226 g/mol. The third-order valence-electron chi connectivity index (χ3n) is 3.04. The second-order valence-corrected chi connectivity index (χ2v) is 6.90. The summed E-state index contributed by atoms with van der Waals surface area (Å²) in [6.45, 7) is 3.27. The summed E-state index contributed by atoms with van der Waals surface area (Å²) in [7, 11) is -2.87. The molecule has 1 rings (SSSR count). The minimum Gasteiger partial charge on any atom is -0.298 e. The van der Waals surface area contributed by atoms with Crippen LogP contribution >= 0.6 is 0 Å². The van der Waals surface area contributed by atoms with Crippen molar-refractivity contribution < 1.29 is 13.2 Å². The van der Waals surface area contributed by atoms with Crippen LogP contribution in [-0.2, 0) is 14.6 Å². The fraction of sp³-hybridized carbons (Fsp3) is 0.909. The van der Waals surface area contributed by atoms with Crippen molar-refractivity contribution in [3.63, 3.8) is 0 Å². The van der Waals surface area contributed by atoms with Gasteiger partial charge in [0.2, 0.25) is 0 Å². The second kappa shape index (κ2) is 5.77. The molecule has 0 N–H and O–H groups in total. The molecule has 0 spiro atoms. The molecule has 0 radical (unpaired) electrons. The molecule has 1 saturated heterocycles. The van der Waals surface area contributed by atoms with Crippen molar-refractivity contribution in [3.05, 3.63) is 0 Å². The second-order valence-electron chi connectivity index (χ2n) is 4.64. The first kappa shape index (κ1) is 13.6. The number of Topliss-reactive ketones (excluding diaryl/α,β-unsaturated/α-hetero) is 1. The first-order valence-electron chi connectivity index (χ1n) is 5.82. The number of piperidine rings is 1. The Kier molecular flexibility index (Phi) is 4.92. The standard InChI is InChI=1S/C11H21NO3S/c1-10(13)11-6-3-4-7-12(11)8-5-9-16(2,14)15/h11H,3-9H2,1-2H3. The Morgan fingerprint density at radius 2 is 2.06 bits per heavy atom. The van der Waals surface area contributed by atoms with Gasteiger partial charge >= 0.3 is 0 Å². The van der Waals surface area contributed by atoms with Crippen LogP contribution in [0, 0.1) is 0 Å². The maximum absolute atomic E-state index is 11.4. The number of nitrogens with zero attached hydrogens (tertiary/aromatic N) is 1. The SMILES string of the molecule is CC(=O)C1CCCCN1CCCS(C)(=O)=O. The van der Waals surface area contributed by atoms with Crippen LogP contribution in [0.2, 0.25) is 0 Å². The van der Waals surface area contributed by atoms with Gasteiger partial charge in [-0.05, 0) is 39.3 Å². The number of hydrogen-bond acceptors (Lipinski definition) is 4. The van der Waals surface area contributed by atoms with E-state index in [9.17, 15) is 13.2 Å². The van der Waals surface area contributed by atoms with Crippen LogP contribution in [0.5, 0.6) is 0 Å². The zero-order chi connectivity index (χ0) is 12.2. The van der Waals surface area contributed by atoms with E-state index in [0.29, 0.717) is 6.42 Å². The molecule has 1 unspecified atom stereocenters. The number of carbonyl (C=O) groups is 1. The summed E-state index contributed by atoms with van der Waals surface area (Å²) in [6, 6.07) is 0.0216. The van der Waals surface area contributed by atoms with E-state index in [2.05, 4.69) is 4.90 Å². The highest BCUT2D eigenvalue weighted by molar-refractivity contribution is 7.90. The van der Waals surface area contributed by atoms with Crippen molar-refractivity contribution in [2.24, 2.45) is 0 Å². The summed E-state index contributed by atoms with van der Waals surface area (Å²) in [5.41, 5.74) is 0. The van der Waals surface area contributed by atoms with Gasteiger partial charge in [0.25, 0.3) is 0 Å². The normalized spacial score (nSPS) is 23.2. The van der Waals surface area contributed by atoms with Crippen LogP contribution in [0.15, 0.2) is 0 Å². The number of likely N-dealkylation sites (tertiary alicyclic amines) is 1. The molecule has 0 aliphatic carbocycles. The van der Waals surface area contributed by atoms with Gasteiger partial charge in [-0.25, -0.2) is 8.42 Å². The fourth-order valence-corrected chi connectivity index (χ4v) is 2.90. The maximum Gasteiger partial charge on any atom is 0.147 e. The topological polar surface area (TPSA) is 54.5 Å². The van der Waals surface area contributed by atoms with E-state index in [0.717, 1.165) is 32.4 Å². The lowest BCUT2D eigenvalue weighted by Gasteiger charge is -2.33. The van der Waals surface area contributed by atoms with Gasteiger partial charge in [0, 0.05) is 6.26 Å². The van der Waals surface area contributed by atoms with E-state index in [-0.39, 0.29) is 17.6 Å². The van der Waals surface area contributed by atoms with E-state index in [4.69, 9.17) is 0 Å². The van der Waals surface area contributed by atoms with Crippen molar-refractivity contribution in [2.75, 3.05) is 25.1 Å². The van der Waals surface area contributed by atoms with Crippen molar-refractivity contribution >= 4 is 15.6 Å². The molecule has 0 aromatic heterocycles. The van der Waals surface area contributed by atoms with Gasteiger partial charge in [-0.2, -0.15) is 0 Å². The van der Waals surface area contributed by atoms with Gasteiger partial charge < -0.3 is 0 Å². The molecule has 5 heteroatoms. The van der Waals surface area contributed by atoms with E-state index >= 15 is 0 Å². The highest BCUT2D eigenvalue weighted by atomic mass is 32.2. The Hall–Kier alpha value is -0.420. The Balaban J connectivity index is 2.41. The highest BCUT2D eigenvalue weighted by Gasteiger charge is 2.25. The van der Waals surface area contributed by atoms with Gasteiger partial charge in [0.05, 0.1) is 11.8 Å². The van der Waals surface area contributed by atoms with Crippen LogP contribution in [0.1, 0.15) is 32.6 Å². The van der Waals surface area contributed by atoms with Crippen LogP contribution < -0.4 is 0 Å². The Labute approximate surface area is 97.9 Å². The molecule has 1 atom stereocenters. The Morgan fingerprint density at radius 3 is 2.62 bits per heavy atom. The van der Waals surface area contributed by atoms with Gasteiger partial charge in [-0.3, -0.25) is 9.69 Å². The first-order chi connectivity index (χ1) is 7.40. The van der Waals surface area contributed by atoms with Gasteiger partial charge in [0.15, 0.2) is 0 Å². The molecule has 0 saturated carbocycles. The molecule has 1 heterocycles. The zero-order valence-electron chi connectivity index (χ0n) is 10.1. The number of sulfone groups is 1. The lowest BCUT2D eigenvalue weighted by molar-refractivity contribution is -0.123. The average Bonchev–Trinajstić information content (AvgIpc) is 2.16. The first-order valence-corrected chi connectivity index (χ1v) is 7.88. The largest absolute Gasteiger partial charge is 0.298 e. The van der Waals surface area contributed by atoms with E-state index < -0.39 is 9.84 Å². The van der Waals surface area contributed by atoms with Crippen molar-refractivity contribution in [2.45, 2.75) is 38.6 Å². The Bertz CT molecular complexity index is 337. The predicted molar refractivity (Wildman–Crippen MR) is 64.2 cm³/mol. The summed E-state index contributed by atoms with van der Waals surface area (Å²) >= 11 is 0. The van der Waals surface area contributed by atoms with Crippen LogP contribution in [0.25, 0.3) is 0 Å². The molecule has 94 valence electrons. The molecule has 0 aromatic rings. The molecule has 16 heavy (non-hydrogen) atoms. The van der Waals surface area contributed by atoms with Gasteiger partial charge in [0.1, 0.15) is 15.6 Å². The molecule has 4 nitrogen and oxygen atoms in total. The predicted octanol–water partition coefficient (Wildman–Crippen LogP) is 0.865. The summed E-state index contributed by atoms with van der Waals surface area (Å²) < 4.78 is 22.0. The van der Waals surface area contributed by atoms with Crippen LogP contribution in [0.4, 0.5) is 0 Å². The summed E-state index contributed by atoms with van der Waals surface area (Å²) in [4.78, 5) is 13.5. The van der Waals surface area contributed by atoms with Crippen LogP contribution in [-0.4, -0.2) is 50.2 Å². The molecule has 1 aliphatic rings. The Morgan fingerprint density at radius 1 is 1.38 bits per heavy atom. The number of ketones is 1. The van der Waals surface area contributed by atoms with E-state index in [1.54, 1.807) is 6.92 Å². The lowest BCUT2D eigenvalue weighted by atomic mass is 9.99. The minimum absolute atomic E-state index is 0.0216. The summed E-state index contributed by atoms with van der Waals surface area (Å²) in [5, 5.41) is 0. The molecule has 1 aliphatic heterocycles. The quantitative estimate of drug-likeness (QED) is 0.723. The van der Waals surface area contributed by atoms with Crippen LogP contribution in [0.3, 0.4) is 0 Å². The summed E-state index contributed by atoms with van der Waals surface area (Å²) in [6.07, 6.45) is 5.03. The van der Waals surface area contributed by atoms with Gasteiger partial charge in [-0.1, -0.05) is 6.42 Å². The lowest BCUT2D eigenvalue weighted by Crippen LogP contribution is -2.44. The molecule has 1 fully saturated rings. The fourth-order valence-electron chi connectivity index (χ4n) is 2.25. The van der Waals surface area contributed by atoms with Gasteiger partial charge in [-0.15, -0.1) is 0 Å². The van der Waals surface area contributed by atoms with Crippen molar-refractivity contribution in [3.8, 4) is 0 Å². The average molecular weight is 247 g/mol. The van der Waals surface area contributed by atoms with E-state index in [1.807, 2.05) is 0 Å².